The van der Waals surface area contributed by atoms with Crippen LogP contribution in [0.2, 0.25) is 0 Å². The van der Waals surface area contributed by atoms with Crippen LogP contribution in [0.15, 0.2) is 12.3 Å². The average molecular weight is 234 g/mol. The minimum atomic E-state index is 0.282. The van der Waals surface area contributed by atoms with Crippen molar-refractivity contribution in [1.29, 1.82) is 0 Å². The first-order valence-corrected chi connectivity index (χ1v) is 6.60. The summed E-state index contributed by atoms with van der Waals surface area (Å²) in [6, 6.07) is 2.64. The standard InChI is InChI=1S/C13H22N4/c1-10-8-14-13(2,11-4-5-11)9-17(10)12-6-7-16(3)15-12/h6-7,10-11,14H,4-5,8-9H2,1-3H3. The minimum absolute atomic E-state index is 0.282. The Morgan fingerprint density at radius 3 is 2.82 bits per heavy atom. The van der Waals surface area contributed by atoms with Crippen molar-refractivity contribution in [3.63, 3.8) is 0 Å². The van der Waals surface area contributed by atoms with Crippen LogP contribution >= 0.6 is 0 Å². The van der Waals surface area contributed by atoms with E-state index in [9.17, 15) is 0 Å². The van der Waals surface area contributed by atoms with Crippen LogP contribution in [0.25, 0.3) is 0 Å². The molecule has 1 N–H and O–H groups in total. The van der Waals surface area contributed by atoms with E-state index < -0.39 is 0 Å². The van der Waals surface area contributed by atoms with Crippen LogP contribution < -0.4 is 10.2 Å². The van der Waals surface area contributed by atoms with Crippen LogP contribution in [0.3, 0.4) is 0 Å². The topological polar surface area (TPSA) is 33.1 Å². The van der Waals surface area contributed by atoms with Gasteiger partial charge in [0.25, 0.3) is 0 Å². The molecule has 0 aromatic carbocycles. The summed E-state index contributed by atoms with van der Waals surface area (Å²) in [7, 11) is 1.98. The maximum Gasteiger partial charge on any atom is 0.150 e. The van der Waals surface area contributed by atoms with Crippen LogP contribution in [0.1, 0.15) is 26.7 Å². The number of nitrogens with one attached hydrogen (secondary N) is 1. The number of hydrogen-bond acceptors (Lipinski definition) is 3. The fourth-order valence-corrected chi connectivity index (χ4v) is 2.91. The Morgan fingerprint density at radius 2 is 2.24 bits per heavy atom. The third-order valence-corrected chi connectivity index (χ3v) is 4.30. The summed E-state index contributed by atoms with van der Waals surface area (Å²) in [6.07, 6.45) is 4.79. The molecule has 17 heavy (non-hydrogen) atoms. The Labute approximate surface area is 103 Å². The van der Waals surface area contributed by atoms with Crippen LogP contribution in [-0.4, -0.2) is 34.5 Å². The van der Waals surface area contributed by atoms with Gasteiger partial charge in [-0.25, -0.2) is 0 Å². The summed E-state index contributed by atoms with van der Waals surface area (Å²) in [4.78, 5) is 2.45. The molecule has 2 fully saturated rings. The highest BCUT2D eigenvalue weighted by molar-refractivity contribution is 5.40. The highest BCUT2D eigenvalue weighted by Crippen LogP contribution is 2.41. The first-order chi connectivity index (χ1) is 8.08. The molecule has 1 aliphatic carbocycles. The second-order valence-corrected chi connectivity index (χ2v) is 5.90. The van der Waals surface area contributed by atoms with Crippen molar-refractivity contribution in [2.75, 3.05) is 18.0 Å². The third kappa shape index (κ3) is 1.95. The molecule has 2 aliphatic rings. The van der Waals surface area contributed by atoms with Crippen molar-refractivity contribution >= 4 is 5.82 Å². The van der Waals surface area contributed by atoms with Gasteiger partial charge in [0, 0.05) is 44.0 Å². The first-order valence-electron chi connectivity index (χ1n) is 6.60. The van der Waals surface area contributed by atoms with Crippen LogP contribution in [-0.2, 0) is 7.05 Å². The molecule has 1 aliphatic heterocycles. The summed E-state index contributed by atoms with van der Waals surface area (Å²) in [5, 5.41) is 8.28. The predicted molar refractivity (Wildman–Crippen MR) is 69.1 cm³/mol. The zero-order valence-corrected chi connectivity index (χ0v) is 11.0. The van der Waals surface area contributed by atoms with E-state index in [2.05, 4.69) is 35.2 Å². The Morgan fingerprint density at radius 1 is 1.47 bits per heavy atom. The van der Waals surface area contributed by atoms with E-state index in [0.29, 0.717) is 6.04 Å². The summed E-state index contributed by atoms with van der Waals surface area (Å²) in [6.45, 7) is 6.78. The summed E-state index contributed by atoms with van der Waals surface area (Å²) in [5.74, 6) is 1.98. The normalized spacial score (nSPS) is 34.1. The molecule has 0 bridgehead atoms. The Hall–Kier alpha value is -1.03. The Bertz CT molecular complexity index is 409. The summed E-state index contributed by atoms with van der Waals surface area (Å²) < 4.78 is 1.89. The molecule has 1 saturated carbocycles. The molecule has 1 aromatic rings. The Kier molecular flexibility index (Phi) is 2.43. The van der Waals surface area contributed by atoms with Crippen molar-refractivity contribution in [3.05, 3.63) is 12.3 Å². The Balaban J connectivity index is 1.82. The SMILES string of the molecule is CC1CNC(C)(C2CC2)CN1c1ccn(C)n1. The second-order valence-electron chi connectivity index (χ2n) is 5.90. The van der Waals surface area contributed by atoms with Gasteiger partial charge in [-0.3, -0.25) is 4.68 Å². The van der Waals surface area contributed by atoms with Gasteiger partial charge < -0.3 is 10.2 Å². The van der Waals surface area contributed by atoms with Crippen LogP contribution in [0.5, 0.6) is 0 Å². The molecule has 2 atom stereocenters. The number of anilines is 1. The van der Waals surface area contributed by atoms with E-state index >= 15 is 0 Å². The molecular weight excluding hydrogens is 212 g/mol. The minimum Gasteiger partial charge on any atom is -0.349 e. The predicted octanol–water partition coefficient (Wildman–Crippen LogP) is 1.39. The molecule has 3 rings (SSSR count). The highest BCUT2D eigenvalue weighted by Gasteiger charge is 2.45. The number of nitrogens with zero attached hydrogens (tertiary/aromatic N) is 3. The number of rotatable bonds is 2. The molecule has 0 amide bonds. The second kappa shape index (κ2) is 3.73. The van der Waals surface area contributed by atoms with E-state index in [0.717, 1.165) is 24.8 Å². The van der Waals surface area contributed by atoms with Crippen molar-refractivity contribution in [3.8, 4) is 0 Å². The molecule has 1 saturated heterocycles. The summed E-state index contributed by atoms with van der Waals surface area (Å²) in [5.41, 5.74) is 0.282. The average Bonchev–Trinajstić information content (AvgIpc) is 3.07. The lowest BCUT2D eigenvalue weighted by atomic mass is 9.91. The largest absolute Gasteiger partial charge is 0.349 e. The maximum absolute atomic E-state index is 4.54. The smallest absolute Gasteiger partial charge is 0.150 e. The molecule has 94 valence electrons. The van der Waals surface area contributed by atoms with Gasteiger partial charge in [-0.05, 0) is 32.6 Å². The van der Waals surface area contributed by atoms with Gasteiger partial charge in [0.15, 0.2) is 5.82 Å². The molecule has 0 spiro atoms. The van der Waals surface area contributed by atoms with E-state index in [1.54, 1.807) is 0 Å². The number of aromatic nitrogens is 2. The number of piperazine rings is 1. The van der Waals surface area contributed by atoms with Gasteiger partial charge >= 0.3 is 0 Å². The van der Waals surface area contributed by atoms with Crippen LogP contribution in [0.4, 0.5) is 5.82 Å². The van der Waals surface area contributed by atoms with E-state index in [1.165, 1.54) is 12.8 Å². The van der Waals surface area contributed by atoms with E-state index in [4.69, 9.17) is 0 Å². The zero-order chi connectivity index (χ0) is 12.0. The number of hydrogen-bond donors (Lipinski definition) is 1. The highest BCUT2D eigenvalue weighted by atomic mass is 15.4. The van der Waals surface area contributed by atoms with Crippen molar-refractivity contribution in [2.45, 2.75) is 38.3 Å². The van der Waals surface area contributed by atoms with Gasteiger partial charge in [-0.1, -0.05) is 0 Å². The lowest BCUT2D eigenvalue weighted by Crippen LogP contribution is -2.63. The fourth-order valence-electron chi connectivity index (χ4n) is 2.91. The van der Waals surface area contributed by atoms with Gasteiger partial charge in [0.1, 0.15) is 0 Å². The monoisotopic (exact) mass is 234 g/mol. The van der Waals surface area contributed by atoms with E-state index in [1.807, 2.05) is 17.9 Å². The first kappa shape index (κ1) is 11.1. The molecule has 2 heterocycles. The van der Waals surface area contributed by atoms with Gasteiger partial charge in [-0.15, -0.1) is 0 Å². The van der Waals surface area contributed by atoms with Crippen LogP contribution in [0, 0.1) is 5.92 Å². The molecule has 4 heteroatoms. The fraction of sp³-hybridized carbons (Fsp3) is 0.769. The maximum atomic E-state index is 4.54. The van der Waals surface area contributed by atoms with Gasteiger partial charge in [0.05, 0.1) is 0 Å². The molecule has 1 aromatic heterocycles. The quantitative estimate of drug-likeness (QED) is 0.839. The van der Waals surface area contributed by atoms with Gasteiger partial charge in [0.2, 0.25) is 0 Å². The van der Waals surface area contributed by atoms with Crippen molar-refractivity contribution < 1.29 is 0 Å². The lowest BCUT2D eigenvalue weighted by Gasteiger charge is -2.45. The van der Waals surface area contributed by atoms with Gasteiger partial charge in [-0.2, -0.15) is 5.10 Å². The molecule has 2 unspecified atom stereocenters. The zero-order valence-electron chi connectivity index (χ0n) is 11.0. The summed E-state index contributed by atoms with van der Waals surface area (Å²) >= 11 is 0. The van der Waals surface area contributed by atoms with Crippen molar-refractivity contribution in [2.24, 2.45) is 13.0 Å². The van der Waals surface area contributed by atoms with E-state index in [-0.39, 0.29) is 5.54 Å². The van der Waals surface area contributed by atoms with Crippen molar-refractivity contribution in [1.82, 2.24) is 15.1 Å². The molecule has 0 radical (unpaired) electrons. The molecule has 4 nitrogen and oxygen atoms in total. The molecular formula is C13H22N4. The lowest BCUT2D eigenvalue weighted by molar-refractivity contribution is 0.259. The third-order valence-electron chi connectivity index (χ3n) is 4.30. The number of aryl methyl sites for hydroxylation is 1.